The number of nitrogens with one attached hydrogen (secondary N) is 1. The molecule has 5 nitrogen and oxygen atoms in total. The SMILES string of the molecule is Cc1ccc(NC(=O)C(C)Sc2nncn2C(C)C)c(Br)c1. The van der Waals surface area contributed by atoms with Crippen molar-refractivity contribution in [1.29, 1.82) is 0 Å². The number of amides is 1. The van der Waals surface area contributed by atoms with Gasteiger partial charge in [-0.25, -0.2) is 0 Å². The van der Waals surface area contributed by atoms with Crippen LogP contribution in [0.25, 0.3) is 0 Å². The molecule has 1 amide bonds. The Hall–Kier alpha value is -1.34. The van der Waals surface area contributed by atoms with Crippen LogP contribution in [0.1, 0.15) is 32.4 Å². The largest absolute Gasteiger partial charge is 0.324 e. The molecule has 22 heavy (non-hydrogen) atoms. The van der Waals surface area contributed by atoms with Gasteiger partial charge in [-0.1, -0.05) is 17.8 Å². The summed E-state index contributed by atoms with van der Waals surface area (Å²) in [5, 5.41) is 11.4. The van der Waals surface area contributed by atoms with Crippen LogP contribution in [0.4, 0.5) is 5.69 Å². The van der Waals surface area contributed by atoms with Gasteiger partial charge in [0, 0.05) is 10.5 Å². The Labute approximate surface area is 143 Å². The molecule has 2 aromatic rings. The first-order chi connectivity index (χ1) is 10.4. The second kappa shape index (κ2) is 7.28. The van der Waals surface area contributed by atoms with E-state index in [1.807, 2.05) is 36.6 Å². The summed E-state index contributed by atoms with van der Waals surface area (Å²) in [5.41, 5.74) is 1.91. The van der Waals surface area contributed by atoms with Crippen LogP contribution in [0.3, 0.4) is 0 Å². The van der Waals surface area contributed by atoms with E-state index in [1.165, 1.54) is 11.8 Å². The molecule has 1 aromatic carbocycles. The number of carbonyl (C=O) groups excluding carboxylic acids is 1. The second-order valence-electron chi connectivity index (χ2n) is 5.35. The average molecular weight is 383 g/mol. The number of aromatic nitrogens is 3. The highest BCUT2D eigenvalue weighted by atomic mass is 79.9. The molecule has 0 saturated heterocycles. The van der Waals surface area contributed by atoms with E-state index in [0.29, 0.717) is 0 Å². The van der Waals surface area contributed by atoms with Gasteiger partial charge in [0.15, 0.2) is 5.16 Å². The molecule has 0 spiro atoms. The van der Waals surface area contributed by atoms with Crippen molar-refractivity contribution in [3.05, 3.63) is 34.6 Å². The number of nitrogens with zero attached hydrogens (tertiary/aromatic N) is 3. The smallest absolute Gasteiger partial charge is 0.237 e. The fourth-order valence-corrected chi connectivity index (χ4v) is 3.39. The van der Waals surface area contributed by atoms with Crippen LogP contribution in [0.5, 0.6) is 0 Å². The van der Waals surface area contributed by atoms with Crippen molar-refractivity contribution < 1.29 is 4.79 Å². The molecule has 0 aliphatic heterocycles. The minimum atomic E-state index is -0.269. The van der Waals surface area contributed by atoms with E-state index in [4.69, 9.17) is 0 Å². The molecule has 1 atom stereocenters. The van der Waals surface area contributed by atoms with Crippen molar-refractivity contribution in [1.82, 2.24) is 14.8 Å². The Morgan fingerprint density at radius 1 is 1.36 bits per heavy atom. The molecule has 1 N–H and O–H groups in total. The van der Waals surface area contributed by atoms with Crippen molar-refractivity contribution in [3.8, 4) is 0 Å². The summed E-state index contributed by atoms with van der Waals surface area (Å²) in [6.45, 7) is 7.98. The average Bonchev–Trinajstić information content (AvgIpc) is 2.90. The van der Waals surface area contributed by atoms with Crippen molar-refractivity contribution >= 4 is 39.3 Å². The van der Waals surface area contributed by atoms with Crippen LogP contribution in [-0.4, -0.2) is 25.9 Å². The zero-order chi connectivity index (χ0) is 16.3. The summed E-state index contributed by atoms with van der Waals surface area (Å²) in [7, 11) is 0. The quantitative estimate of drug-likeness (QED) is 0.792. The summed E-state index contributed by atoms with van der Waals surface area (Å²) in [5.74, 6) is -0.0622. The highest BCUT2D eigenvalue weighted by Gasteiger charge is 2.19. The van der Waals surface area contributed by atoms with Crippen LogP contribution >= 0.6 is 27.7 Å². The van der Waals surface area contributed by atoms with Gasteiger partial charge in [-0.05, 0) is 61.3 Å². The summed E-state index contributed by atoms with van der Waals surface area (Å²) in [6, 6.07) is 6.10. The zero-order valence-electron chi connectivity index (χ0n) is 13.0. The second-order valence-corrected chi connectivity index (χ2v) is 7.51. The van der Waals surface area contributed by atoms with Crippen molar-refractivity contribution in [2.75, 3.05) is 5.32 Å². The number of thioether (sulfide) groups is 1. The lowest BCUT2D eigenvalue weighted by Crippen LogP contribution is -2.23. The predicted molar refractivity (Wildman–Crippen MR) is 93.2 cm³/mol. The number of anilines is 1. The van der Waals surface area contributed by atoms with Crippen LogP contribution in [0, 0.1) is 6.92 Å². The summed E-state index contributed by atoms with van der Waals surface area (Å²) >= 11 is 4.87. The standard InChI is InChI=1S/C15H19BrN4OS/c1-9(2)20-8-17-19-15(20)22-11(4)14(21)18-13-6-5-10(3)7-12(13)16/h5-9,11H,1-4H3,(H,18,21). The Morgan fingerprint density at radius 2 is 2.09 bits per heavy atom. The lowest BCUT2D eigenvalue weighted by Gasteiger charge is -2.14. The first-order valence-corrected chi connectivity index (χ1v) is 8.69. The number of hydrogen-bond donors (Lipinski definition) is 1. The predicted octanol–water partition coefficient (Wildman–Crippen LogP) is 4.05. The molecular weight excluding hydrogens is 364 g/mol. The van der Waals surface area contributed by atoms with Gasteiger partial charge in [0.25, 0.3) is 0 Å². The van der Waals surface area contributed by atoms with E-state index in [9.17, 15) is 4.79 Å². The minimum absolute atomic E-state index is 0.0622. The third kappa shape index (κ3) is 4.10. The van der Waals surface area contributed by atoms with Crippen LogP contribution < -0.4 is 5.32 Å². The van der Waals surface area contributed by atoms with E-state index in [2.05, 4.69) is 45.3 Å². The van der Waals surface area contributed by atoms with Gasteiger partial charge in [-0.2, -0.15) is 0 Å². The molecule has 1 aromatic heterocycles. The van der Waals surface area contributed by atoms with E-state index in [0.717, 1.165) is 20.9 Å². The van der Waals surface area contributed by atoms with E-state index >= 15 is 0 Å². The maximum absolute atomic E-state index is 12.3. The van der Waals surface area contributed by atoms with Crippen LogP contribution in [0.2, 0.25) is 0 Å². The van der Waals surface area contributed by atoms with E-state index < -0.39 is 0 Å². The summed E-state index contributed by atoms with van der Waals surface area (Å²) < 4.78 is 2.83. The first-order valence-electron chi connectivity index (χ1n) is 7.01. The lowest BCUT2D eigenvalue weighted by atomic mass is 10.2. The third-order valence-electron chi connectivity index (χ3n) is 3.13. The molecule has 0 aliphatic carbocycles. The molecule has 1 unspecified atom stereocenters. The molecule has 0 bridgehead atoms. The Kier molecular flexibility index (Phi) is 5.63. The Bertz CT molecular complexity index is 671. The molecule has 118 valence electrons. The lowest BCUT2D eigenvalue weighted by molar-refractivity contribution is -0.115. The number of rotatable bonds is 5. The van der Waals surface area contributed by atoms with Crippen molar-refractivity contribution in [2.45, 2.75) is 44.1 Å². The van der Waals surface area contributed by atoms with Gasteiger partial charge >= 0.3 is 0 Å². The maximum atomic E-state index is 12.3. The Morgan fingerprint density at radius 3 is 2.73 bits per heavy atom. The summed E-state index contributed by atoms with van der Waals surface area (Å²) in [4.78, 5) is 12.3. The van der Waals surface area contributed by atoms with Gasteiger partial charge in [-0.15, -0.1) is 10.2 Å². The van der Waals surface area contributed by atoms with Crippen LogP contribution in [0.15, 0.2) is 34.2 Å². The monoisotopic (exact) mass is 382 g/mol. The number of benzene rings is 1. The first kappa shape index (κ1) is 17.0. The third-order valence-corrected chi connectivity index (χ3v) is 4.86. The van der Waals surface area contributed by atoms with Crippen molar-refractivity contribution in [2.24, 2.45) is 0 Å². The van der Waals surface area contributed by atoms with Gasteiger partial charge in [0.2, 0.25) is 5.91 Å². The highest BCUT2D eigenvalue weighted by Crippen LogP contribution is 2.27. The normalized spacial score (nSPS) is 12.5. The van der Waals surface area contributed by atoms with Crippen LogP contribution in [-0.2, 0) is 4.79 Å². The van der Waals surface area contributed by atoms with E-state index in [1.54, 1.807) is 6.33 Å². The van der Waals surface area contributed by atoms with Gasteiger partial charge in [0.1, 0.15) is 6.33 Å². The highest BCUT2D eigenvalue weighted by molar-refractivity contribution is 9.10. The number of aryl methyl sites for hydroxylation is 1. The fourth-order valence-electron chi connectivity index (χ4n) is 1.84. The molecule has 2 rings (SSSR count). The molecule has 7 heteroatoms. The molecular formula is C15H19BrN4OS. The fraction of sp³-hybridized carbons (Fsp3) is 0.400. The topological polar surface area (TPSA) is 59.8 Å². The zero-order valence-corrected chi connectivity index (χ0v) is 15.4. The molecule has 0 aliphatic rings. The van der Waals surface area contributed by atoms with Gasteiger partial charge < -0.3 is 9.88 Å². The maximum Gasteiger partial charge on any atom is 0.237 e. The molecule has 0 saturated carbocycles. The van der Waals surface area contributed by atoms with E-state index in [-0.39, 0.29) is 17.2 Å². The molecule has 1 heterocycles. The molecule has 0 fully saturated rings. The number of halogens is 1. The van der Waals surface area contributed by atoms with Gasteiger partial charge in [-0.3, -0.25) is 4.79 Å². The molecule has 0 radical (unpaired) electrons. The summed E-state index contributed by atoms with van der Waals surface area (Å²) in [6.07, 6.45) is 1.69. The van der Waals surface area contributed by atoms with Gasteiger partial charge in [0.05, 0.1) is 10.9 Å². The number of carbonyl (C=O) groups is 1. The number of hydrogen-bond acceptors (Lipinski definition) is 4. The minimum Gasteiger partial charge on any atom is -0.324 e. The van der Waals surface area contributed by atoms with Crippen molar-refractivity contribution in [3.63, 3.8) is 0 Å². The Balaban J connectivity index is 2.04.